The molecule has 1 aromatic carbocycles. The Kier molecular flexibility index (Phi) is 2.60. The Morgan fingerprint density at radius 3 is 2.74 bits per heavy atom. The topological polar surface area (TPSA) is 89.4 Å². The van der Waals surface area contributed by atoms with E-state index < -0.39 is 5.97 Å². The highest BCUT2D eigenvalue weighted by atomic mass is 16.5. The van der Waals surface area contributed by atoms with Crippen LogP contribution in [0.4, 0.5) is 0 Å². The molecule has 6 nitrogen and oxygen atoms in total. The molecule has 0 atom stereocenters. The smallest absolute Gasteiger partial charge is 0.358 e. The number of aromatic nitrogens is 2. The molecule has 0 radical (unpaired) electrons. The molecule has 0 aliphatic carbocycles. The number of nitrogens with zero attached hydrogens (tertiary/aromatic N) is 2. The van der Waals surface area contributed by atoms with Crippen molar-refractivity contribution in [3.8, 4) is 22.8 Å². The van der Waals surface area contributed by atoms with E-state index in [1.807, 2.05) is 6.07 Å². The Hall–Kier alpha value is -2.89. The largest absolute Gasteiger partial charge is 0.476 e. The average Bonchev–Trinajstić information content (AvgIpc) is 3.10. The van der Waals surface area contributed by atoms with Gasteiger partial charge in [0.2, 0.25) is 5.89 Å². The van der Waals surface area contributed by atoms with Crippen LogP contribution in [-0.2, 0) is 0 Å². The van der Waals surface area contributed by atoms with Crippen LogP contribution in [0.25, 0.3) is 22.8 Å². The van der Waals surface area contributed by atoms with Crippen LogP contribution in [0.1, 0.15) is 10.5 Å². The van der Waals surface area contributed by atoms with Crippen molar-refractivity contribution in [2.75, 3.05) is 0 Å². The van der Waals surface area contributed by atoms with Crippen LogP contribution in [0.15, 0.2) is 51.7 Å². The van der Waals surface area contributed by atoms with Gasteiger partial charge in [0, 0.05) is 17.2 Å². The summed E-state index contributed by atoms with van der Waals surface area (Å²) in [6, 6.07) is 8.59. The molecule has 2 heterocycles. The van der Waals surface area contributed by atoms with E-state index >= 15 is 0 Å². The van der Waals surface area contributed by atoms with E-state index in [-0.39, 0.29) is 5.69 Å². The van der Waals surface area contributed by atoms with E-state index in [1.54, 1.807) is 24.4 Å². The Bertz CT molecular complexity index is 716. The molecule has 0 fully saturated rings. The third-order valence-electron chi connectivity index (χ3n) is 2.56. The van der Waals surface area contributed by atoms with E-state index in [0.29, 0.717) is 17.2 Å². The second-order valence-electron chi connectivity index (χ2n) is 3.80. The molecule has 2 aromatic heterocycles. The molecule has 0 saturated carbocycles. The number of aromatic carboxylic acids is 1. The van der Waals surface area contributed by atoms with Gasteiger partial charge in [-0.1, -0.05) is 17.3 Å². The fraction of sp³-hybridized carbons (Fsp3) is 0. The first-order chi connectivity index (χ1) is 9.24. The highest BCUT2D eigenvalue weighted by Crippen LogP contribution is 2.25. The fourth-order valence-electron chi connectivity index (χ4n) is 1.68. The first-order valence-electron chi connectivity index (χ1n) is 5.44. The van der Waals surface area contributed by atoms with Crippen molar-refractivity contribution in [3.63, 3.8) is 0 Å². The summed E-state index contributed by atoms with van der Waals surface area (Å²) in [7, 11) is 0. The summed E-state index contributed by atoms with van der Waals surface area (Å²) in [6.45, 7) is 0. The monoisotopic (exact) mass is 256 g/mol. The molecule has 0 unspecified atom stereocenters. The molecule has 1 N–H and O–H groups in total. The van der Waals surface area contributed by atoms with Crippen molar-refractivity contribution in [1.29, 1.82) is 0 Å². The number of rotatable bonds is 3. The van der Waals surface area contributed by atoms with Gasteiger partial charge >= 0.3 is 5.97 Å². The Labute approximate surface area is 107 Å². The summed E-state index contributed by atoms with van der Waals surface area (Å²) < 4.78 is 10.2. The van der Waals surface area contributed by atoms with Gasteiger partial charge in [-0.2, -0.15) is 0 Å². The van der Waals surface area contributed by atoms with Gasteiger partial charge in [0.15, 0.2) is 11.5 Å². The molecule has 0 bridgehead atoms. The Balaban J connectivity index is 2.01. The third-order valence-corrected chi connectivity index (χ3v) is 2.56. The minimum Gasteiger partial charge on any atom is -0.476 e. The second kappa shape index (κ2) is 4.41. The summed E-state index contributed by atoms with van der Waals surface area (Å²) in [4.78, 5) is 14.8. The van der Waals surface area contributed by atoms with E-state index in [4.69, 9.17) is 14.0 Å². The van der Waals surface area contributed by atoms with Crippen LogP contribution in [0.5, 0.6) is 0 Å². The lowest BCUT2D eigenvalue weighted by Gasteiger charge is -1.98. The van der Waals surface area contributed by atoms with Gasteiger partial charge in [0.1, 0.15) is 6.26 Å². The van der Waals surface area contributed by atoms with Crippen LogP contribution in [0.2, 0.25) is 0 Å². The maximum absolute atomic E-state index is 10.8. The van der Waals surface area contributed by atoms with E-state index in [9.17, 15) is 4.79 Å². The predicted molar refractivity (Wildman–Crippen MR) is 64.4 cm³/mol. The summed E-state index contributed by atoms with van der Waals surface area (Å²) in [6.07, 6.45) is 3.04. The van der Waals surface area contributed by atoms with Crippen LogP contribution in [-0.4, -0.2) is 21.2 Å². The average molecular weight is 256 g/mol. The lowest BCUT2D eigenvalue weighted by atomic mass is 10.1. The number of benzene rings is 1. The summed E-state index contributed by atoms with van der Waals surface area (Å²) in [5.41, 5.74) is 1.35. The molecule has 94 valence electrons. The van der Waals surface area contributed by atoms with Crippen LogP contribution in [0.3, 0.4) is 0 Å². The van der Waals surface area contributed by atoms with Crippen molar-refractivity contribution < 1.29 is 18.8 Å². The predicted octanol–water partition coefficient (Wildman–Crippen LogP) is 2.69. The van der Waals surface area contributed by atoms with Gasteiger partial charge in [-0.15, -0.1) is 0 Å². The van der Waals surface area contributed by atoms with Gasteiger partial charge in [0.05, 0.1) is 6.20 Å². The van der Waals surface area contributed by atoms with Crippen molar-refractivity contribution in [1.82, 2.24) is 10.1 Å². The van der Waals surface area contributed by atoms with E-state index in [0.717, 1.165) is 5.56 Å². The summed E-state index contributed by atoms with van der Waals surface area (Å²) >= 11 is 0. The van der Waals surface area contributed by atoms with E-state index in [2.05, 4.69) is 10.1 Å². The van der Waals surface area contributed by atoms with Crippen LogP contribution in [0, 0.1) is 0 Å². The number of carbonyl (C=O) groups is 1. The molecule has 0 amide bonds. The zero-order valence-corrected chi connectivity index (χ0v) is 9.61. The molecule has 0 spiro atoms. The quantitative estimate of drug-likeness (QED) is 0.774. The zero-order valence-electron chi connectivity index (χ0n) is 9.61. The second-order valence-corrected chi connectivity index (χ2v) is 3.80. The SMILES string of the molecule is O=C(O)c1cc(-c2cccc(-c3ncco3)c2)on1. The molecule has 19 heavy (non-hydrogen) atoms. The molecule has 0 aliphatic rings. The van der Waals surface area contributed by atoms with Crippen molar-refractivity contribution >= 4 is 5.97 Å². The lowest BCUT2D eigenvalue weighted by Crippen LogP contribution is -1.94. The molecular formula is C13H8N2O4. The van der Waals surface area contributed by atoms with Crippen molar-refractivity contribution in [3.05, 3.63) is 48.5 Å². The Morgan fingerprint density at radius 2 is 2.05 bits per heavy atom. The highest BCUT2D eigenvalue weighted by molar-refractivity contribution is 5.86. The number of carboxylic acids is 1. The first-order valence-corrected chi connectivity index (χ1v) is 5.44. The number of oxazole rings is 1. The normalized spacial score (nSPS) is 10.5. The third kappa shape index (κ3) is 2.11. The molecule has 3 aromatic rings. The van der Waals surface area contributed by atoms with Gasteiger partial charge in [0.25, 0.3) is 0 Å². The maximum atomic E-state index is 10.8. The van der Waals surface area contributed by atoms with Gasteiger partial charge in [-0.05, 0) is 12.1 Å². The van der Waals surface area contributed by atoms with Gasteiger partial charge in [-0.25, -0.2) is 9.78 Å². The molecular weight excluding hydrogens is 248 g/mol. The minimum absolute atomic E-state index is 0.128. The molecule has 6 heteroatoms. The fourth-order valence-corrected chi connectivity index (χ4v) is 1.68. The van der Waals surface area contributed by atoms with Crippen molar-refractivity contribution in [2.45, 2.75) is 0 Å². The maximum Gasteiger partial charge on any atom is 0.358 e. The minimum atomic E-state index is -1.13. The van der Waals surface area contributed by atoms with Gasteiger partial charge in [-0.3, -0.25) is 0 Å². The molecule has 3 rings (SSSR count). The van der Waals surface area contributed by atoms with E-state index in [1.165, 1.54) is 12.3 Å². The van der Waals surface area contributed by atoms with Crippen molar-refractivity contribution in [2.24, 2.45) is 0 Å². The summed E-state index contributed by atoms with van der Waals surface area (Å²) in [5.74, 6) is -0.260. The number of hydrogen-bond donors (Lipinski definition) is 1. The highest BCUT2D eigenvalue weighted by Gasteiger charge is 2.13. The van der Waals surface area contributed by atoms with Gasteiger partial charge < -0.3 is 14.0 Å². The first kappa shape index (κ1) is 11.2. The summed E-state index contributed by atoms with van der Waals surface area (Å²) in [5, 5.41) is 12.3. The van der Waals surface area contributed by atoms with Crippen LogP contribution >= 0.6 is 0 Å². The van der Waals surface area contributed by atoms with Crippen LogP contribution < -0.4 is 0 Å². The lowest BCUT2D eigenvalue weighted by molar-refractivity contribution is 0.0686. The number of hydrogen-bond acceptors (Lipinski definition) is 5. The molecule has 0 aliphatic heterocycles. The standard InChI is InChI=1S/C13H8N2O4/c16-13(17)10-7-11(19-15-10)8-2-1-3-9(6-8)12-14-4-5-18-12/h1-7H,(H,16,17). The number of carboxylic acid groups (broad SMARTS) is 1. The molecule has 0 saturated heterocycles. The zero-order chi connectivity index (χ0) is 13.2. The Morgan fingerprint density at radius 1 is 1.21 bits per heavy atom.